The monoisotopic (exact) mass is 357 g/mol. The average Bonchev–Trinajstić information content (AvgIpc) is 2.77. The lowest BCUT2D eigenvalue weighted by molar-refractivity contribution is -0.146. The molecule has 1 aliphatic heterocycles. The largest absolute Gasteiger partial charge is 0.394 e. The van der Waals surface area contributed by atoms with E-state index in [-0.39, 0.29) is 16.9 Å². The number of rotatable bonds is 7. The summed E-state index contributed by atoms with van der Waals surface area (Å²) in [6.07, 6.45) is -1.46. The van der Waals surface area contributed by atoms with Crippen molar-refractivity contribution in [1.29, 1.82) is 0 Å². The zero-order chi connectivity index (χ0) is 17.9. The third kappa shape index (κ3) is 3.66. The average molecular weight is 357 g/mol. The van der Waals surface area contributed by atoms with Gasteiger partial charge >= 0.3 is 0 Å². The fourth-order valence-corrected chi connectivity index (χ4v) is 3.05. The molecular weight excluding hydrogens is 334 g/mol. The minimum atomic E-state index is -1.44. The Morgan fingerprint density at radius 3 is 2.83 bits per heavy atom. The van der Waals surface area contributed by atoms with Crippen molar-refractivity contribution < 1.29 is 20.1 Å². The van der Waals surface area contributed by atoms with Gasteiger partial charge in [-0.3, -0.25) is 14.3 Å². The Balaban J connectivity index is 2.36. The quantitative estimate of drug-likeness (QED) is 0.247. The van der Waals surface area contributed by atoms with Crippen molar-refractivity contribution in [3.8, 4) is 0 Å². The predicted octanol–water partition coefficient (Wildman–Crippen LogP) is -0.773. The summed E-state index contributed by atoms with van der Waals surface area (Å²) in [5.74, 6) is 0. The summed E-state index contributed by atoms with van der Waals surface area (Å²) in [7, 11) is 0. The summed E-state index contributed by atoms with van der Waals surface area (Å²) in [6, 6.07) is 1.25. The van der Waals surface area contributed by atoms with Gasteiger partial charge in [0.25, 0.3) is 5.56 Å². The van der Waals surface area contributed by atoms with E-state index < -0.39 is 30.6 Å². The molecule has 0 unspecified atom stereocenters. The zero-order valence-electron chi connectivity index (χ0n) is 13.4. The van der Waals surface area contributed by atoms with Crippen LogP contribution in [0.25, 0.3) is 0 Å². The molecule has 24 heavy (non-hydrogen) atoms. The van der Waals surface area contributed by atoms with Gasteiger partial charge in [0.1, 0.15) is 18.3 Å². The van der Waals surface area contributed by atoms with E-state index in [1.807, 2.05) is 6.92 Å². The maximum atomic E-state index is 11.4. The van der Waals surface area contributed by atoms with E-state index in [4.69, 9.17) is 17.0 Å². The van der Waals surface area contributed by atoms with Gasteiger partial charge in [-0.2, -0.15) is 0 Å². The topological polar surface area (TPSA) is 120 Å². The van der Waals surface area contributed by atoms with Crippen molar-refractivity contribution in [2.24, 2.45) is 0 Å². The van der Waals surface area contributed by atoms with Crippen LogP contribution in [-0.2, 0) is 10.5 Å². The Hall–Kier alpha value is -1.36. The van der Waals surface area contributed by atoms with Crippen molar-refractivity contribution in [2.45, 2.75) is 37.4 Å². The van der Waals surface area contributed by atoms with Crippen LogP contribution >= 0.6 is 12.2 Å². The SMILES string of the molecule is C=C(C)CCNC[C@@]1(n2ccc(=O)[nH]c2=S)O[C@H](CO)[C@@H](O)[C@H]1O. The second-order valence-corrected chi connectivity index (χ2v) is 6.37. The second-order valence-electron chi connectivity index (χ2n) is 5.98. The summed E-state index contributed by atoms with van der Waals surface area (Å²) in [4.78, 5) is 13.9. The first-order valence-corrected chi connectivity index (χ1v) is 8.05. The fourth-order valence-electron chi connectivity index (χ4n) is 2.73. The van der Waals surface area contributed by atoms with E-state index in [9.17, 15) is 20.1 Å². The highest BCUT2D eigenvalue weighted by Gasteiger charge is 2.55. The molecule has 0 saturated carbocycles. The molecule has 8 nitrogen and oxygen atoms in total. The highest BCUT2D eigenvalue weighted by Crippen LogP contribution is 2.35. The summed E-state index contributed by atoms with van der Waals surface area (Å²) < 4.78 is 7.22. The normalized spacial score (nSPS) is 29.8. The first-order chi connectivity index (χ1) is 11.3. The summed E-state index contributed by atoms with van der Waals surface area (Å²) in [6.45, 7) is 5.98. The van der Waals surface area contributed by atoms with Crippen LogP contribution in [0.2, 0.25) is 0 Å². The molecule has 0 aliphatic carbocycles. The van der Waals surface area contributed by atoms with Gasteiger partial charge in [-0.25, -0.2) is 0 Å². The highest BCUT2D eigenvalue weighted by molar-refractivity contribution is 7.71. The number of aliphatic hydroxyl groups excluding tert-OH is 3. The first kappa shape index (κ1) is 19.0. The lowest BCUT2D eigenvalue weighted by Crippen LogP contribution is -2.53. The highest BCUT2D eigenvalue weighted by atomic mass is 32.1. The number of aliphatic hydroxyl groups is 3. The Labute approximate surface area is 144 Å². The molecule has 4 atom stereocenters. The number of nitrogens with zero attached hydrogens (tertiary/aromatic N) is 1. The molecule has 1 saturated heterocycles. The van der Waals surface area contributed by atoms with Crippen LogP contribution in [0, 0.1) is 4.77 Å². The molecule has 1 aliphatic rings. The van der Waals surface area contributed by atoms with Gasteiger partial charge < -0.3 is 25.4 Å². The molecule has 1 fully saturated rings. The third-order valence-corrected chi connectivity index (χ3v) is 4.34. The molecule has 0 amide bonds. The number of ether oxygens (including phenoxy) is 1. The molecule has 134 valence electrons. The molecular formula is C15H23N3O5S. The van der Waals surface area contributed by atoms with Crippen LogP contribution in [-0.4, -0.2) is 62.9 Å². The maximum absolute atomic E-state index is 11.4. The van der Waals surface area contributed by atoms with Gasteiger partial charge in [-0.15, -0.1) is 6.58 Å². The Morgan fingerprint density at radius 1 is 1.58 bits per heavy atom. The smallest absolute Gasteiger partial charge is 0.251 e. The first-order valence-electron chi connectivity index (χ1n) is 7.64. The molecule has 9 heteroatoms. The number of hydrogen-bond donors (Lipinski definition) is 5. The van der Waals surface area contributed by atoms with Gasteiger partial charge in [0.2, 0.25) is 0 Å². The van der Waals surface area contributed by atoms with E-state index in [1.54, 1.807) is 0 Å². The van der Waals surface area contributed by atoms with Gasteiger partial charge in [-0.05, 0) is 32.1 Å². The van der Waals surface area contributed by atoms with Crippen molar-refractivity contribution >= 4 is 12.2 Å². The van der Waals surface area contributed by atoms with E-state index in [0.29, 0.717) is 6.54 Å². The second kappa shape index (κ2) is 7.68. The predicted molar refractivity (Wildman–Crippen MR) is 90.1 cm³/mol. The number of nitrogens with one attached hydrogen (secondary N) is 2. The van der Waals surface area contributed by atoms with Crippen molar-refractivity contribution in [3.05, 3.63) is 39.5 Å². The molecule has 5 N–H and O–H groups in total. The summed E-state index contributed by atoms with van der Waals surface area (Å²) in [5, 5.41) is 33.2. The number of aromatic nitrogens is 2. The summed E-state index contributed by atoms with van der Waals surface area (Å²) >= 11 is 5.17. The minimum absolute atomic E-state index is 0.0500. The molecule has 0 radical (unpaired) electrons. The molecule has 2 heterocycles. The van der Waals surface area contributed by atoms with Crippen LogP contribution in [0.3, 0.4) is 0 Å². The lowest BCUT2D eigenvalue weighted by Gasteiger charge is -2.34. The van der Waals surface area contributed by atoms with E-state index in [2.05, 4.69) is 16.9 Å². The third-order valence-electron chi connectivity index (χ3n) is 4.04. The molecule has 0 aromatic carbocycles. The molecule has 0 bridgehead atoms. The van der Waals surface area contributed by atoms with Gasteiger partial charge in [0.05, 0.1) is 6.61 Å². The molecule has 0 spiro atoms. The molecule has 1 aromatic heterocycles. The van der Waals surface area contributed by atoms with Crippen LogP contribution in [0.15, 0.2) is 29.2 Å². The Bertz CT molecular complexity index is 703. The Kier molecular flexibility index (Phi) is 6.07. The maximum Gasteiger partial charge on any atom is 0.251 e. The molecule has 1 aromatic rings. The van der Waals surface area contributed by atoms with Crippen molar-refractivity contribution in [2.75, 3.05) is 19.7 Å². The number of aromatic amines is 1. The zero-order valence-corrected chi connectivity index (χ0v) is 14.3. The summed E-state index contributed by atoms with van der Waals surface area (Å²) in [5.41, 5.74) is -0.824. The van der Waals surface area contributed by atoms with Gasteiger partial charge in [0, 0.05) is 18.8 Å². The van der Waals surface area contributed by atoms with E-state index in [0.717, 1.165) is 12.0 Å². The number of H-pyrrole nitrogens is 1. The van der Waals surface area contributed by atoms with Gasteiger partial charge in [-0.1, -0.05) is 5.57 Å². The van der Waals surface area contributed by atoms with Crippen molar-refractivity contribution in [1.82, 2.24) is 14.9 Å². The fraction of sp³-hybridized carbons (Fsp3) is 0.600. The Morgan fingerprint density at radius 2 is 2.29 bits per heavy atom. The minimum Gasteiger partial charge on any atom is -0.394 e. The van der Waals surface area contributed by atoms with Crippen molar-refractivity contribution in [3.63, 3.8) is 0 Å². The van der Waals surface area contributed by atoms with E-state index in [1.165, 1.54) is 16.8 Å². The molecule has 2 rings (SSSR count). The van der Waals surface area contributed by atoms with E-state index >= 15 is 0 Å². The lowest BCUT2D eigenvalue weighted by atomic mass is 10.0. The van der Waals surface area contributed by atoms with Crippen LogP contribution in [0.1, 0.15) is 13.3 Å². The number of hydrogen-bond acceptors (Lipinski definition) is 7. The van der Waals surface area contributed by atoms with Crippen LogP contribution in [0.4, 0.5) is 0 Å². The van der Waals surface area contributed by atoms with Gasteiger partial charge in [0.15, 0.2) is 10.5 Å². The van der Waals surface area contributed by atoms with Crippen LogP contribution < -0.4 is 10.9 Å². The standard InChI is InChI=1S/C15H23N3O5S/c1-9(2)3-5-16-8-15(13(22)12(21)10(7-19)23-15)18-6-4-11(20)17-14(18)24/h4,6,10,12-13,16,19,21-22H,1,3,5,7-8H2,2H3,(H,17,20,24)/t10-,12-,13-,15-/m1/s1. The van der Waals surface area contributed by atoms with Crippen LogP contribution in [0.5, 0.6) is 0 Å².